The highest BCUT2D eigenvalue weighted by molar-refractivity contribution is 6.46. The molecule has 1 unspecified atom stereocenters. The second-order valence-electron chi connectivity index (χ2n) is 7.67. The average Bonchev–Trinajstić information content (AvgIpc) is 3.46. The number of amides is 1. The smallest absolute Gasteiger partial charge is 0.296 e. The van der Waals surface area contributed by atoms with Crippen LogP contribution in [0.4, 0.5) is 0 Å². The van der Waals surface area contributed by atoms with Gasteiger partial charge in [-0.2, -0.15) is 0 Å². The summed E-state index contributed by atoms with van der Waals surface area (Å²) in [6.45, 7) is 2.69. The molecule has 4 rings (SSSR count). The Balaban J connectivity index is 1.75. The van der Waals surface area contributed by atoms with E-state index in [1.165, 1.54) is 11.2 Å². The number of aliphatic hydroxyl groups is 1. The van der Waals surface area contributed by atoms with Crippen molar-refractivity contribution in [2.45, 2.75) is 25.9 Å². The third-order valence-electron chi connectivity index (χ3n) is 5.44. The number of nitrogens with zero attached hydrogens (tertiary/aromatic N) is 1. The first-order valence-corrected chi connectivity index (χ1v) is 10.7. The fourth-order valence-electron chi connectivity index (χ4n) is 3.82. The lowest BCUT2D eigenvalue weighted by Crippen LogP contribution is -2.29. The number of carbonyl (C=O) groups excluding carboxylic acids is 2. The molecular weight excluding hydrogens is 422 g/mol. The maximum absolute atomic E-state index is 13.1. The number of likely N-dealkylation sites (tertiary alicyclic amines) is 1. The number of hydrogen-bond donors (Lipinski definition) is 1. The fraction of sp³-hybridized carbons (Fsp3) is 0.231. The Morgan fingerprint density at radius 1 is 1.06 bits per heavy atom. The third kappa shape index (κ3) is 4.48. The quantitative estimate of drug-likeness (QED) is 0.306. The van der Waals surface area contributed by atoms with E-state index in [-0.39, 0.29) is 17.9 Å². The molecule has 1 atom stereocenters. The summed E-state index contributed by atoms with van der Waals surface area (Å²) >= 11 is 0. The number of rotatable bonds is 8. The van der Waals surface area contributed by atoms with E-state index in [1.807, 2.05) is 19.1 Å². The molecule has 1 aliphatic rings. The van der Waals surface area contributed by atoms with Crippen molar-refractivity contribution < 1.29 is 28.6 Å². The van der Waals surface area contributed by atoms with Gasteiger partial charge in [-0.05, 0) is 48.4 Å². The highest BCUT2D eigenvalue weighted by atomic mass is 16.5. The van der Waals surface area contributed by atoms with Crippen LogP contribution < -0.4 is 9.47 Å². The van der Waals surface area contributed by atoms with Crippen molar-refractivity contribution in [2.24, 2.45) is 0 Å². The molecule has 1 aromatic heterocycles. The van der Waals surface area contributed by atoms with E-state index in [2.05, 4.69) is 0 Å². The van der Waals surface area contributed by atoms with E-state index in [4.69, 9.17) is 13.9 Å². The van der Waals surface area contributed by atoms with Gasteiger partial charge in [0.1, 0.15) is 29.1 Å². The topological polar surface area (TPSA) is 89.2 Å². The summed E-state index contributed by atoms with van der Waals surface area (Å²) in [5.41, 5.74) is 1.18. The number of carbonyl (C=O) groups is 2. The standard InChI is InChI=1S/C26H25NO6/c1-3-13-32-20-7-4-6-18(15-20)24(28)22-23(21-8-5-14-33-21)27(26(30)25(22)29)16-17-9-11-19(31-2)12-10-17/h4-12,14-15,23,28H,3,13,16H2,1-2H3/b24-22-. The van der Waals surface area contributed by atoms with Gasteiger partial charge in [0.2, 0.25) is 0 Å². The summed E-state index contributed by atoms with van der Waals surface area (Å²) in [6.07, 6.45) is 2.31. The lowest BCUT2D eigenvalue weighted by Gasteiger charge is -2.23. The normalized spacial score (nSPS) is 17.4. The fourth-order valence-corrected chi connectivity index (χ4v) is 3.82. The summed E-state index contributed by atoms with van der Waals surface area (Å²) < 4.78 is 16.4. The van der Waals surface area contributed by atoms with Gasteiger partial charge in [-0.25, -0.2) is 0 Å². The number of Topliss-reactive ketones (excluding diaryl/α,β-unsaturated/α-hetero) is 1. The number of benzene rings is 2. The molecule has 1 fully saturated rings. The van der Waals surface area contributed by atoms with Crippen molar-refractivity contribution in [2.75, 3.05) is 13.7 Å². The number of hydrogen-bond acceptors (Lipinski definition) is 6. The molecule has 0 saturated carbocycles. The van der Waals surface area contributed by atoms with E-state index in [9.17, 15) is 14.7 Å². The first-order valence-electron chi connectivity index (χ1n) is 10.7. The van der Waals surface area contributed by atoms with Gasteiger partial charge in [-0.3, -0.25) is 9.59 Å². The molecule has 1 amide bonds. The van der Waals surface area contributed by atoms with Gasteiger partial charge in [-0.15, -0.1) is 0 Å². The molecule has 2 heterocycles. The highest BCUT2D eigenvalue weighted by Gasteiger charge is 2.47. The van der Waals surface area contributed by atoms with Crippen LogP contribution in [0, 0.1) is 0 Å². The zero-order valence-electron chi connectivity index (χ0n) is 18.5. The number of ether oxygens (including phenoxy) is 2. The van der Waals surface area contributed by atoms with Crippen LogP contribution in [-0.2, 0) is 16.1 Å². The van der Waals surface area contributed by atoms with E-state index >= 15 is 0 Å². The third-order valence-corrected chi connectivity index (χ3v) is 5.44. The first-order chi connectivity index (χ1) is 16.0. The van der Waals surface area contributed by atoms with Crippen LogP contribution in [0.25, 0.3) is 5.76 Å². The van der Waals surface area contributed by atoms with E-state index in [1.54, 1.807) is 55.6 Å². The molecule has 0 radical (unpaired) electrons. The van der Waals surface area contributed by atoms with Gasteiger partial charge in [0.25, 0.3) is 11.7 Å². The van der Waals surface area contributed by atoms with Crippen LogP contribution in [0.3, 0.4) is 0 Å². The van der Waals surface area contributed by atoms with Crippen molar-refractivity contribution >= 4 is 17.4 Å². The molecule has 0 bridgehead atoms. The summed E-state index contributed by atoms with van der Waals surface area (Å²) in [4.78, 5) is 27.5. The molecule has 1 saturated heterocycles. The number of furan rings is 1. The van der Waals surface area contributed by atoms with Crippen LogP contribution in [-0.4, -0.2) is 35.4 Å². The monoisotopic (exact) mass is 447 g/mol. The summed E-state index contributed by atoms with van der Waals surface area (Å²) in [7, 11) is 1.58. The van der Waals surface area contributed by atoms with Crippen molar-refractivity contribution in [3.8, 4) is 11.5 Å². The molecule has 7 nitrogen and oxygen atoms in total. The van der Waals surface area contributed by atoms with Crippen molar-refractivity contribution in [1.29, 1.82) is 0 Å². The Bertz CT molecular complexity index is 1160. The minimum atomic E-state index is -0.859. The molecule has 0 aliphatic carbocycles. The predicted octanol–water partition coefficient (Wildman–Crippen LogP) is 4.70. The van der Waals surface area contributed by atoms with Gasteiger partial charge in [0.15, 0.2) is 0 Å². The minimum Gasteiger partial charge on any atom is -0.507 e. The van der Waals surface area contributed by atoms with Gasteiger partial charge < -0.3 is 23.9 Å². The Morgan fingerprint density at radius 3 is 2.52 bits per heavy atom. The molecule has 33 heavy (non-hydrogen) atoms. The van der Waals surface area contributed by atoms with E-state index < -0.39 is 17.7 Å². The number of aliphatic hydroxyl groups excluding tert-OH is 1. The molecule has 2 aromatic carbocycles. The Morgan fingerprint density at radius 2 is 1.85 bits per heavy atom. The largest absolute Gasteiger partial charge is 0.507 e. The summed E-state index contributed by atoms with van der Waals surface area (Å²) in [5.74, 6) is -0.0810. The van der Waals surface area contributed by atoms with Crippen molar-refractivity contribution in [3.05, 3.63) is 89.4 Å². The van der Waals surface area contributed by atoms with Crippen molar-refractivity contribution in [3.63, 3.8) is 0 Å². The molecule has 1 aliphatic heterocycles. The SMILES string of the molecule is CCCOc1cccc(/C(O)=C2/C(=O)C(=O)N(Cc3ccc(OC)cc3)C2c2ccco2)c1. The molecule has 170 valence electrons. The molecule has 7 heteroatoms. The highest BCUT2D eigenvalue weighted by Crippen LogP contribution is 2.40. The van der Waals surface area contributed by atoms with Gasteiger partial charge in [0.05, 0.1) is 25.6 Å². The zero-order valence-corrected chi connectivity index (χ0v) is 18.5. The van der Waals surface area contributed by atoms with Gasteiger partial charge >= 0.3 is 0 Å². The van der Waals surface area contributed by atoms with Gasteiger partial charge in [0, 0.05) is 12.1 Å². The van der Waals surface area contributed by atoms with Crippen LogP contribution in [0.1, 0.15) is 36.3 Å². The maximum Gasteiger partial charge on any atom is 0.296 e. The molecule has 1 N–H and O–H groups in total. The second kappa shape index (κ2) is 9.65. The first kappa shape index (κ1) is 22.2. The maximum atomic E-state index is 13.1. The van der Waals surface area contributed by atoms with E-state index in [0.717, 1.165) is 12.0 Å². The molecular formula is C26H25NO6. The van der Waals surface area contributed by atoms with Crippen LogP contribution >= 0.6 is 0 Å². The summed E-state index contributed by atoms with van der Waals surface area (Å²) in [6, 6.07) is 16.6. The number of ketones is 1. The average molecular weight is 447 g/mol. The predicted molar refractivity (Wildman–Crippen MR) is 122 cm³/mol. The number of methoxy groups -OCH3 is 1. The second-order valence-corrected chi connectivity index (χ2v) is 7.67. The Hall–Kier alpha value is -4.00. The van der Waals surface area contributed by atoms with Crippen molar-refractivity contribution in [1.82, 2.24) is 4.90 Å². The Labute approximate surface area is 191 Å². The minimum absolute atomic E-state index is 0.0175. The lowest BCUT2D eigenvalue weighted by molar-refractivity contribution is -0.140. The van der Waals surface area contributed by atoms with Crippen LogP contribution in [0.2, 0.25) is 0 Å². The van der Waals surface area contributed by atoms with Gasteiger partial charge in [-0.1, -0.05) is 31.2 Å². The van der Waals surface area contributed by atoms with Crippen LogP contribution in [0.15, 0.2) is 76.9 Å². The molecule has 0 spiro atoms. The molecule has 3 aromatic rings. The van der Waals surface area contributed by atoms with Crippen LogP contribution in [0.5, 0.6) is 11.5 Å². The van der Waals surface area contributed by atoms with E-state index in [0.29, 0.717) is 29.4 Å². The zero-order chi connectivity index (χ0) is 23.4. The lowest BCUT2D eigenvalue weighted by atomic mass is 9.99. The Kier molecular flexibility index (Phi) is 6.49. The summed E-state index contributed by atoms with van der Waals surface area (Å²) in [5, 5.41) is 11.1.